The summed E-state index contributed by atoms with van der Waals surface area (Å²) in [6.45, 7) is 10.6. The van der Waals surface area contributed by atoms with E-state index in [1.54, 1.807) is 0 Å². The van der Waals surface area contributed by atoms with Gasteiger partial charge in [0, 0.05) is 5.57 Å². The topological polar surface area (TPSA) is 37.3 Å². The summed E-state index contributed by atoms with van der Waals surface area (Å²) < 4.78 is 0. The minimum atomic E-state index is -0.815. The molecule has 2 saturated carbocycles. The van der Waals surface area contributed by atoms with Crippen LogP contribution in [-0.4, -0.2) is 11.1 Å². The van der Waals surface area contributed by atoms with Crippen molar-refractivity contribution in [2.75, 3.05) is 0 Å². The molecule has 0 aromatic heterocycles. The number of rotatable bonds is 2. The first-order valence-corrected chi connectivity index (χ1v) is 5.73. The van der Waals surface area contributed by atoms with Gasteiger partial charge in [-0.15, -0.1) is 0 Å². The molecule has 2 heteroatoms. The zero-order valence-corrected chi connectivity index (χ0v) is 9.84. The highest BCUT2D eigenvalue weighted by Gasteiger charge is 2.62. The molecule has 0 aromatic carbocycles. The summed E-state index contributed by atoms with van der Waals surface area (Å²) in [5.41, 5.74) is 0.844. The standard InChI is InChI=1S/C13H20O2/c1-8(11(14)15)10-7-9-5-6-13(10,4)12(9,2)3/h9-10H,1,5-7H2,2-4H3,(H,14,15). The number of fused-ring (bicyclic) bond motifs is 2. The SMILES string of the molecule is C=C(C(=O)O)C1CC2CCC1(C)C2(C)C. The van der Waals surface area contributed by atoms with Crippen LogP contribution in [-0.2, 0) is 4.79 Å². The van der Waals surface area contributed by atoms with Crippen molar-refractivity contribution >= 4 is 5.97 Å². The first kappa shape index (κ1) is 10.7. The lowest BCUT2D eigenvalue weighted by Gasteiger charge is -2.39. The van der Waals surface area contributed by atoms with Crippen LogP contribution in [0, 0.1) is 22.7 Å². The second-order valence-corrected chi connectivity index (χ2v) is 5.99. The summed E-state index contributed by atoms with van der Waals surface area (Å²) >= 11 is 0. The van der Waals surface area contributed by atoms with Crippen molar-refractivity contribution in [1.82, 2.24) is 0 Å². The second kappa shape index (κ2) is 2.87. The number of hydrogen-bond acceptors (Lipinski definition) is 1. The molecule has 2 fully saturated rings. The fraction of sp³-hybridized carbons (Fsp3) is 0.769. The van der Waals surface area contributed by atoms with Gasteiger partial charge in [0.1, 0.15) is 0 Å². The zero-order valence-electron chi connectivity index (χ0n) is 9.84. The summed E-state index contributed by atoms with van der Waals surface area (Å²) in [4.78, 5) is 11.0. The van der Waals surface area contributed by atoms with E-state index in [0.717, 1.165) is 12.8 Å². The molecular weight excluding hydrogens is 188 g/mol. The molecule has 2 rings (SSSR count). The Morgan fingerprint density at radius 1 is 1.40 bits per heavy atom. The Hall–Kier alpha value is -0.790. The second-order valence-electron chi connectivity index (χ2n) is 5.99. The Bertz CT molecular complexity index is 329. The molecule has 1 N–H and O–H groups in total. The molecule has 3 atom stereocenters. The minimum absolute atomic E-state index is 0.146. The fourth-order valence-corrected chi connectivity index (χ4v) is 3.88. The number of hydrogen-bond donors (Lipinski definition) is 1. The van der Waals surface area contributed by atoms with Gasteiger partial charge in [0.2, 0.25) is 0 Å². The molecular formula is C13H20O2. The van der Waals surface area contributed by atoms with Gasteiger partial charge in [0.25, 0.3) is 0 Å². The first-order chi connectivity index (χ1) is 6.80. The average Bonchev–Trinajstić information content (AvgIpc) is 2.47. The summed E-state index contributed by atoms with van der Waals surface area (Å²) in [5, 5.41) is 9.06. The predicted molar refractivity (Wildman–Crippen MR) is 59.5 cm³/mol. The lowest BCUT2D eigenvalue weighted by molar-refractivity contribution is -0.133. The van der Waals surface area contributed by atoms with Crippen molar-refractivity contribution in [3.63, 3.8) is 0 Å². The van der Waals surface area contributed by atoms with Crippen LogP contribution >= 0.6 is 0 Å². The van der Waals surface area contributed by atoms with Gasteiger partial charge in [-0.3, -0.25) is 0 Å². The van der Waals surface area contributed by atoms with Crippen molar-refractivity contribution in [3.8, 4) is 0 Å². The van der Waals surface area contributed by atoms with Gasteiger partial charge in [-0.1, -0.05) is 27.4 Å². The Labute approximate surface area is 91.4 Å². The van der Waals surface area contributed by atoms with Gasteiger partial charge in [0.05, 0.1) is 0 Å². The monoisotopic (exact) mass is 208 g/mol. The Morgan fingerprint density at radius 2 is 2.00 bits per heavy atom. The Balaban J connectivity index is 2.34. The van der Waals surface area contributed by atoms with Crippen LogP contribution in [0.3, 0.4) is 0 Å². The molecule has 2 bridgehead atoms. The number of carboxylic acid groups (broad SMARTS) is 1. The first-order valence-electron chi connectivity index (χ1n) is 5.73. The van der Waals surface area contributed by atoms with Crippen LogP contribution in [0.5, 0.6) is 0 Å². The fourth-order valence-electron chi connectivity index (χ4n) is 3.88. The summed E-state index contributed by atoms with van der Waals surface area (Å²) in [7, 11) is 0. The number of aliphatic carboxylic acids is 1. The molecule has 3 unspecified atom stereocenters. The van der Waals surface area contributed by atoms with Gasteiger partial charge in [-0.05, 0) is 41.9 Å². The Morgan fingerprint density at radius 3 is 2.33 bits per heavy atom. The van der Waals surface area contributed by atoms with Crippen LogP contribution in [0.4, 0.5) is 0 Å². The Kier molecular flexibility index (Phi) is 2.05. The maximum absolute atomic E-state index is 11.0. The van der Waals surface area contributed by atoms with Crippen LogP contribution in [0.2, 0.25) is 0 Å². The summed E-state index contributed by atoms with van der Waals surface area (Å²) in [6, 6.07) is 0. The van der Waals surface area contributed by atoms with Gasteiger partial charge in [-0.25, -0.2) is 4.79 Å². The molecule has 0 spiro atoms. The van der Waals surface area contributed by atoms with E-state index >= 15 is 0 Å². The zero-order chi connectivity index (χ0) is 11.4. The average molecular weight is 208 g/mol. The lowest BCUT2D eigenvalue weighted by atomic mass is 9.65. The van der Waals surface area contributed by atoms with E-state index < -0.39 is 5.97 Å². The van der Waals surface area contributed by atoms with E-state index in [1.165, 1.54) is 6.42 Å². The van der Waals surface area contributed by atoms with Crippen LogP contribution in [0.15, 0.2) is 12.2 Å². The molecule has 0 saturated heterocycles. The predicted octanol–water partition coefficient (Wildman–Crippen LogP) is 3.09. The van der Waals surface area contributed by atoms with E-state index in [2.05, 4.69) is 27.4 Å². The van der Waals surface area contributed by atoms with Crippen molar-refractivity contribution in [1.29, 1.82) is 0 Å². The molecule has 84 valence electrons. The molecule has 2 aliphatic rings. The highest BCUT2D eigenvalue weighted by atomic mass is 16.4. The molecule has 0 amide bonds. The highest BCUT2D eigenvalue weighted by molar-refractivity contribution is 5.86. The van der Waals surface area contributed by atoms with Gasteiger partial charge >= 0.3 is 5.97 Å². The molecule has 0 aromatic rings. The summed E-state index contributed by atoms with van der Waals surface area (Å²) in [5.74, 6) is 0.0527. The summed E-state index contributed by atoms with van der Waals surface area (Å²) in [6.07, 6.45) is 3.43. The molecule has 2 aliphatic carbocycles. The third kappa shape index (κ3) is 1.14. The third-order valence-corrected chi connectivity index (χ3v) is 5.49. The van der Waals surface area contributed by atoms with Crippen LogP contribution < -0.4 is 0 Å². The highest BCUT2D eigenvalue weighted by Crippen LogP contribution is 2.69. The van der Waals surface area contributed by atoms with Gasteiger partial charge in [-0.2, -0.15) is 0 Å². The van der Waals surface area contributed by atoms with Crippen LogP contribution in [0.25, 0.3) is 0 Å². The molecule has 0 aliphatic heterocycles. The van der Waals surface area contributed by atoms with Crippen molar-refractivity contribution < 1.29 is 9.90 Å². The van der Waals surface area contributed by atoms with Crippen molar-refractivity contribution in [2.24, 2.45) is 22.7 Å². The van der Waals surface area contributed by atoms with Crippen molar-refractivity contribution in [2.45, 2.75) is 40.0 Å². The lowest BCUT2D eigenvalue weighted by Crippen LogP contribution is -2.34. The molecule has 15 heavy (non-hydrogen) atoms. The quantitative estimate of drug-likeness (QED) is 0.708. The largest absolute Gasteiger partial charge is 0.478 e. The number of carboxylic acids is 1. The smallest absolute Gasteiger partial charge is 0.331 e. The molecule has 0 radical (unpaired) electrons. The molecule has 0 heterocycles. The third-order valence-electron chi connectivity index (χ3n) is 5.49. The maximum atomic E-state index is 11.0. The number of carbonyl (C=O) groups is 1. The van der Waals surface area contributed by atoms with E-state index in [9.17, 15) is 4.79 Å². The van der Waals surface area contributed by atoms with E-state index in [4.69, 9.17) is 5.11 Å². The maximum Gasteiger partial charge on any atom is 0.331 e. The van der Waals surface area contributed by atoms with E-state index in [0.29, 0.717) is 11.5 Å². The normalized spacial score (nSPS) is 41.8. The minimum Gasteiger partial charge on any atom is -0.478 e. The van der Waals surface area contributed by atoms with Gasteiger partial charge < -0.3 is 5.11 Å². The van der Waals surface area contributed by atoms with E-state index in [-0.39, 0.29) is 16.7 Å². The molecule has 2 nitrogen and oxygen atoms in total. The van der Waals surface area contributed by atoms with Crippen molar-refractivity contribution in [3.05, 3.63) is 12.2 Å². The van der Waals surface area contributed by atoms with Gasteiger partial charge in [0.15, 0.2) is 0 Å². The van der Waals surface area contributed by atoms with Crippen LogP contribution in [0.1, 0.15) is 40.0 Å². The van der Waals surface area contributed by atoms with E-state index in [1.807, 2.05) is 0 Å².